The average molecular weight is 406 g/mol. The third kappa shape index (κ3) is 5.63. The van der Waals surface area contributed by atoms with E-state index in [0.29, 0.717) is 17.2 Å². The van der Waals surface area contributed by atoms with Gasteiger partial charge in [0.2, 0.25) is 5.75 Å². The number of aromatic nitrogens is 1. The number of amides is 1. The van der Waals surface area contributed by atoms with E-state index in [-0.39, 0.29) is 17.2 Å². The number of hydrogen-bond donors (Lipinski definition) is 1. The Bertz CT molecular complexity index is 883. The highest BCUT2D eigenvalue weighted by atomic mass is 16.6. The lowest BCUT2D eigenvalue weighted by Gasteiger charge is -2.23. The second kappa shape index (κ2) is 8.85. The van der Waals surface area contributed by atoms with E-state index in [4.69, 9.17) is 23.4 Å². The van der Waals surface area contributed by atoms with Gasteiger partial charge in [-0.3, -0.25) is 0 Å². The monoisotopic (exact) mass is 406 g/mol. The number of nitrogens with one attached hydrogen (secondary N) is 1. The number of rotatable bonds is 6. The quantitative estimate of drug-likeness (QED) is 0.570. The molecule has 0 fully saturated rings. The minimum absolute atomic E-state index is 0.0348. The van der Waals surface area contributed by atoms with Crippen molar-refractivity contribution >= 4 is 12.1 Å². The molecule has 0 aliphatic heterocycles. The molecule has 1 heterocycles. The number of oxazole rings is 1. The molecule has 0 bridgehead atoms. The van der Waals surface area contributed by atoms with Crippen molar-refractivity contribution in [1.29, 1.82) is 0 Å². The van der Waals surface area contributed by atoms with Gasteiger partial charge in [-0.1, -0.05) is 0 Å². The number of benzene rings is 1. The van der Waals surface area contributed by atoms with Crippen LogP contribution >= 0.6 is 0 Å². The summed E-state index contributed by atoms with van der Waals surface area (Å²) in [4.78, 5) is 28.3. The Balaban J connectivity index is 2.27. The highest BCUT2D eigenvalue weighted by Crippen LogP contribution is 2.42. The minimum Gasteiger partial charge on any atom is -0.492 e. The average Bonchev–Trinajstić information content (AvgIpc) is 3.05. The molecule has 0 saturated heterocycles. The lowest BCUT2D eigenvalue weighted by Crippen LogP contribution is -2.34. The summed E-state index contributed by atoms with van der Waals surface area (Å²) in [6, 6.07) is 2.76. The zero-order valence-electron chi connectivity index (χ0n) is 17.6. The maximum absolute atomic E-state index is 12.3. The van der Waals surface area contributed by atoms with E-state index in [2.05, 4.69) is 10.3 Å². The fourth-order valence-electron chi connectivity index (χ4n) is 2.56. The van der Waals surface area contributed by atoms with Gasteiger partial charge in [0.15, 0.2) is 23.1 Å². The van der Waals surface area contributed by atoms with Crippen molar-refractivity contribution in [2.75, 3.05) is 14.2 Å². The predicted molar refractivity (Wildman–Crippen MR) is 104 cm³/mol. The Morgan fingerprint density at radius 1 is 1.14 bits per heavy atom. The summed E-state index contributed by atoms with van der Waals surface area (Å²) in [6.07, 6.45) is 0.644. The van der Waals surface area contributed by atoms with Gasteiger partial charge >= 0.3 is 12.1 Å². The van der Waals surface area contributed by atoms with Crippen molar-refractivity contribution in [2.24, 2.45) is 0 Å². The fraction of sp³-hybridized carbons (Fsp3) is 0.450. The molecule has 1 amide bonds. The Morgan fingerprint density at radius 3 is 2.31 bits per heavy atom. The van der Waals surface area contributed by atoms with Crippen LogP contribution in [0.25, 0.3) is 0 Å². The summed E-state index contributed by atoms with van der Waals surface area (Å²) in [5, 5.41) is 2.74. The Labute approximate surface area is 169 Å². The molecule has 1 atom stereocenters. The molecule has 2 aromatic rings. The SMILES string of the molecule is COc1c(OC(=O)c2coc(C)n2)ccc([C@H](C)NC(=O)OC(C)(C)C)c1OC. The van der Waals surface area contributed by atoms with Crippen LogP contribution in [0.15, 0.2) is 22.8 Å². The molecule has 0 radical (unpaired) electrons. The van der Waals surface area contributed by atoms with Crippen molar-refractivity contribution < 1.29 is 33.0 Å². The molecule has 0 unspecified atom stereocenters. The van der Waals surface area contributed by atoms with E-state index in [0.717, 1.165) is 0 Å². The summed E-state index contributed by atoms with van der Waals surface area (Å²) in [7, 11) is 2.87. The first-order valence-corrected chi connectivity index (χ1v) is 8.94. The molecule has 1 aromatic heterocycles. The van der Waals surface area contributed by atoms with E-state index in [1.165, 1.54) is 20.5 Å². The van der Waals surface area contributed by atoms with Gasteiger partial charge in [0.25, 0.3) is 0 Å². The maximum atomic E-state index is 12.3. The van der Waals surface area contributed by atoms with E-state index < -0.39 is 23.7 Å². The third-order valence-corrected chi connectivity index (χ3v) is 3.75. The van der Waals surface area contributed by atoms with Crippen molar-refractivity contribution in [3.8, 4) is 17.2 Å². The summed E-state index contributed by atoms with van der Waals surface area (Å²) < 4.78 is 26.5. The van der Waals surface area contributed by atoms with Crippen LogP contribution in [-0.4, -0.2) is 36.9 Å². The van der Waals surface area contributed by atoms with Crippen LogP contribution in [0, 0.1) is 6.92 Å². The van der Waals surface area contributed by atoms with Crippen LogP contribution < -0.4 is 19.5 Å². The van der Waals surface area contributed by atoms with Gasteiger partial charge in [-0.05, 0) is 39.8 Å². The lowest BCUT2D eigenvalue weighted by atomic mass is 10.1. The number of carbonyl (C=O) groups is 2. The summed E-state index contributed by atoms with van der Waals surface area (Å²) >= 11 is 0. The van der Waals surface area contributed by atoms with E-state index >= 15 is 0 Å². The Hall–Kier alpha value is -3.23. The molecule has 0 aliphatic carbocycles. The van der Waals surface area contributed by atoms with Crippen LogP contribution in [0.3, 0.4) is 0 Å². The topological polar surface area (TPSA) is 109 Å². The summed E-state index contributed by atoms with van der Waals surface area (Å²) in [5.74, 6) is 0.311. The number of aryl methyl sites for hydroxylation is 1. The van der Waals surface area contributed by atoms with Crippen molar-refractivity contribution in [3.05, 3.63) is 35.5 Å². The van der Waals surface area contributed by atoms with Crippen LogP contribution in [-0.2, 0) is 4.74 Å². The van der Waals surface area contributed by atoms with Crippen LogP contribution in [0.1, 0.15) is 55.7 Å². The number of carbonyl (C=O) groups excluding carboxylic acids is 2. The molecule has 1 N–H and O–H groups in total. The molecule has 0 spiro atoms. The highest BCUT2D eigenvalue weighted by molar-refractivity contribution is 5.89. The highest BCUT2D eigenvalue weighted by Gasteiger charge is 2.25. The third-order valence-electron chi connectivity index (χ3n) is 3.75. The van der Waals surface area contributed by atoms with Gasteiger partial charge in [0, 0.05) is 12.5 Å². The van der Waals surface area contributed by atoms with Crippen molar-refractivity contribution in [1.82, 2.24) is 10.3 Å². The van der Waals surface area contributed by atoms with Gasteiger partial charge in [-0.2, -0.15) is 0 Å². The number of alkyl carbamates (subject to hydrolysis) is 1. The molecule has 158 valence electrons. The second-order valence-electron chi connectivity index (χ2n) is 7.23. The molecule has 1 aromatic carbocycles. The number of esters is 1. The first-order chi connectivity index (χ1) is 13.6. The molecule has 9 heteroatoms. The van der Waals surface area contributed by atoms with Crippen LogP contribution in [0.2, 0.25) is 0 Å². The molecule has 0 aliphatic rings. The van der Waals surface area contributed by atoms with Crippen molar-refractivity contribution in [2.45, 2.75) is 46.3 Å². The number of methoxy groups -OCH3 is 2. The van der Waals surface area contributed by atoms with E-state index in [1.54, 1.807) is 46.8 Å². The van der Waals surface area contributed by atoms with Gasteiger partial charge in [0.05, 0.1) is 20.3 Å². The molecule has 0 saturated carbocycles. The Kier molecular flexibility index (Phi) is 6.73. The first kappa shape index (κ1) is 22.1. The van der Waals surface area contributed by atoms with E-state index in [1.807, 2.05) is 0 Å². The number of ether oxygens (including phenoxy) is 4. The molecule has 2 rings (SSSR count). The van der Waals surface area contributed by atoms with Gasteiger partial charge in [-0.25, -0.2) is 14.6 Å². The standard InChI is InChI=1S/C20H26N2O7/c1-11(21-19(24)29-20(3,4)5)13-8-9-15(17(26-7)16(13)25-6)28-18(23)14-10-27-12(2)22-14/h8-11H,1-7H3,(H,21,24)/t11-/m0/s1. The Morgan fingerprint density at radius 2 is 1.79 bits per heavy atom. The van der Waals surface area contributed by atoms with Gasteiger partial charge in [-0.15, -0.1) is 0 Å². The first-order valence-electron chi connectivity index (χ1n) is 8.94. The zero-order valence-corrected chi connectivity index (χ0v) is 17.6. The fourth-order valence-corrected chi connectivity index (χ4v) is 2.56. The maximum Gasteiger partial charge on any atom is 0.408 e. The molecule has 9 nitrogen and oxygen atoms in total. The molecular weight excluding hydrogens is 380 g/mol. The second-order valence-corrected chi connectivity index (χ2v) is 7.23. The zero-order chi connectivity index (χ0) is 21.8. The van der Waals surface area contributed by atoms with Crippen molar-refractivity contribution in [3.63, 3.8) is 0 Å². The molecule has 29 heavy (non-hydrogen) atoms. The summed E-state index contributed by atoms with van der Waals surface area (Å²) in [5.41, 5.74) is 0.0307. The largest absolute Gasteiger partial charge is 0.492 e. The lowest BCUT2D eigenvalue weighted by molar-refractivity contribution is 0.0507. The minimum atomic E-state index is -0.699. The van der Waals surface area contributed by atoms with Crippen LogP contribution in [0.5, 0.6) is 17.2 Å². The molecular formula is C20H26N2O7. The number of nitrogens with zero attached hydrogens (tertiary/aromatic N) is 1. The predicted octanol–water partition coefficient (Wildman–Crippen LogP) is 3.81. The van der Waals surface area contributed by atoms with Gasteiger partial charge < -0.3 is 28.7 Å². The summed E-state index contributed by atoms with van der Waals surface area (Å²) in [6.45, 7) is 8.72. The smallest absolute Gasteiger partial charge is 0.408 e. The van der Waals surface area contributed by atoms with Crippen LogP contribution in [0.4, 0.5) is 4.79 Å². The normalized spacial score (nSPS) is 12.1. The van der Waals surface area contributed by atoms with E-state index in [9.17, 15) is 9.59 Å². The van der Waals surface area contributed by atoms with Gasteiger partial charge in [0.1, 0.15) is 11.9 Å². The number of hydrogen-bond acceptors (Lipinski definition) is 8.